The molecule has 0 amide bonds. The summed E-state index contributed by atoms with van der Waals surface area (Å²) in [5, 5.41) is 13.0. The van der Waals surface area contributed by atoms with Gasteiger partial charge >= 0.3 is 0 Å². The molecule has 1 aromatic rings. The van der Waals surface area contributed by atoms with Crippen LogP contribution in [0.1, 0.15) is 26.3 Å². The summed E-state index contributed by atoms with van der Waals surface area (Å²) in [6.45, 7) is 7.54. The van der Waals surface area contributed by atoms with Crippen LogP contribution in [0.5, 0.6) is 5.75 Å². The molecular weight excluding hydrogens is 238 g/mol. The van der Waals surface area contributed by atoms with Crippen LogP contribution in [-0.4, -0.2) is 31.4 Å². The standard InChI is InChI=1S/C16H25NO2/c1-12(2)16(18)11-17-10-13(3)9-14-5-7-15(19-4)8-6-14/h5-9,12,16-18H,10-11H2,1-4H3/b13-9-. The molecule has 1 unspecified atom stereocenters. The van der Waals surface area contributed by atoms with Gasteiger partial charge in [-0.25, -0.2) is 0 Å². The lowest BCUT2D eigenvalue weighted by atomic mass is 10.1. The Labute approximate surface area is 116 Å². The Bertz CT molecular complexity index is 396. The van der Waals surface area contributed by atoms with Gasteiger partial charge in [-0.05, 0) is 30.5 Å². The summed E-state index contributed by atoms with van der Waals surface area (Å²) in [6.07, 6.45) is 1.85. The normalized spacial score (nSPS) is 13.7. The highest BCUT2D eigenvalue weighted by Crippen LogP contribution is 2.13. The second-order valence-corrected chi connectivity index (χ2v) is 5.21. The van der Waals surface area contributed by atoms with Crippen molar-refractivity contribution in [1.82, 2.24) is 5.32 Å². The minimum atomic E-state index is -0.284. The van der Waals surface area contributed by atoms with E-state index in [1.165, 1.54) is 5.57 Å². The Kier molecular flexibility index (Phi) is 6.60. The molecule has 1 aromatic carbocycles. The zero-order chi connectivity index (χ0) is 14.3. The van der Waals surface area contributed by atoms with Crippen LogP contribution in [0, 0.1) is 5.92 Å². The molecule has 0 aliphatic heterocycles. The Balaban J connectivity index is 2.43. The molecule has 0 radical (unpaired) electrons. The first-order valence-electron chi connectivity index (χ1n) is 6.73. The molecule has 1 atom stereocenters. The largest absolute Gasteiger partial charge is 0.497 e. The van der Waals surface area contributed by atoms with Gasteiger partial charge in [0.25, 0.3) is 0 Å². The number of benzene rings is 1. The number of ether oxygens (including phenoxy) is 1. The maximum Gasteiger partial charge on any atom is 0.118 e. The quantitative estimate of drug-likeness (QED) is 0.795. The van der Waals surface area contributed by atoms with Crippen LogP contribution in [0.15, 0.2) is 29.8 Å². The van der Waals surface area contributed by atoms with Crippen molar-refractivity contribution in [3.63, 3.8) is 0 Å². The Hall–Kier alpha value is -1.32. The second kappa shape index (κ2) is 7.97. The van der Waals surface area contributed by atoms with Crippen LogP contribution in [0.2, 0.25) is 0 Å². The molecule has 106 valence electrons. The van der Waals surface area contributed by atoms with Crippen molar-refractivity contribution in [3.05, 3.63) is 35.4 Å². The van der Waals surface area contributed by atoms with E-state index in [0.29, 0.717) is 12.5 Å². The Morgan fingerprint density at radius 3 is 2.47 bits per heavy atom. The Morgan fingerprint density at radius 1 is 1.32 bits per heavy atom. The summed E-state index contributed by atoms with van der Waals surface area (Å²) in [5.74, 6) is 1.16. The minimum Gasteiger partial charge on any atom is -0.497 e. The first-order chi connectivity index (χ1) is 9.02. The van der Waals surface area contributed by atoms with Crippen molar-refractivity contribution in [2.45, 2.75) is 26.9 Å². The van der Waals surface area contributed by atoms with Crippen LogP contribution in [0.3, 0.4) is 0 Å². The fourth-order valence-corrected chi connectivity index (χ4v) is 1.69. The highest BCUT2D eigenvalue weighted by atomic mass is 16.5. The maximum absolute atomic E-state index is 9.69. The van der Waals surface area contributed by atoms with Crippen molar-refractivity contribution in [2.24, 2.45) is 5.92 Å². The number of hydrogen-bond acceptors (Lipinski definition) is 3. The van der Waals surface area contributed by atoms with Crippen molar-refractivity contribution < 1.29 is 9.84 Å². The van der Waals surface area contributed by atoms with Crippen molar-refractivity contribution in [2.75, 3.05) is 20.2 Å². The number of nitrogens with one attached hydrogen (secondary N) is 1. The predicted octanol–water partition coefficient (Wildman–Crippen LogP) is 2.71. The maximum atomic E-state index is 9.69. The zero-order valence-electron chi connectivity index (χ0n) is 12.3. The van der Waals surface area contributed by atoms with E-state index >= 15 is 0 Å². The van der Waals surface area contributed by atoms with Crippen molar-refractivity contribution >= 4 is 6.08 Å². The average Bonchev–Trinajstić information content (AvgIpc) is 2.39. The third-order valence-electron chi connectivity index (χ3n) is 3.06. The molecule has 0 saturated carbocycles. The van der Waals surface area contributed by atoms with E-state index in [0.717, 1.165) is 17.9 Å². The molecule has 0 aliphatic carbocycles. The van der Waals surface area contributed by atoms with E-state index in [4.69, 9.17) is 4.74 Å². The average molecular weight is 263 g/mol. The van der Waals surface area contributed by atoms with Gasteiger partial charge in [0.15, 0.2) is 0 Å². The monoisotopic (exact) mass is 263 g/mol. The molecule has 0 heterocycles. The number of hydrogen-bond donors (Lipinski definition) is 2. The number of aliphatic hydroxyl groups is 1. The van der Waals surface area contributed by atoms with E-state index in [9.17, 15) is 5.11 Å². The van der Waals surface area contributed by atoms with Crippen LogP contribution in [0.25, 0.3) is 6.08 Å². The zero-order valence-corrected chi connectivity index (χ0v) is 12.3. The third-order valence-corrected chi connectivity index (χ3v) is 3.06. The summed E-state index contributed by atoms with van der Waals surface area (Å²) in [6, 6.07) is 7.97. The van der Waals surface area contributed by atoms with Crippen LogP contribution >= 0.6 is 0 Å². The van der Waals surface area contributed by atoms with E-state index in [1.54, 1.807) is 7.11 Å². The molecule has 0 aliphatic rings. The molecule has 0 bridgehead atoms. The lowest BCUT2D eigenvalue weighted by Crippen LogP contribution is -2.31. The number of aliphatic hydroxyl groups excluding tert-OH is 1. The van der Waals surface area contributed by atoms with E-state index in [1.807, 2.05) is 38.1 Å². The van der Waals surface area contributed by atoms with Gasteiger partial charge in [0.1, 0.15) is 5.75 Å². The van der Waals surface area contributed by atoms with Gasteiger partial charge in [0.05, 0.1) is 13.2 Å². The van der Waals surface area contributed by atoms with Gasteiger partial charge in [-0.2, -0.15) is 0 Å². The molecule has 0 saturated heterocycles. The highest BCUT2D eigenvalue weighted by molar-refractivity contribution is 5.53. The third kappa shape index (κ3) is 5.90. The summed E-state index contributed by atoms with van der Waals surface area (Å²) in [5.41, 5.74) is 2.39. The summed E-state index contributed by atoms with van der Waals surface area (Å²) in [7, 11) is 1.67. The minimum absolute atomic E-state index is 0.284. The lowest BCUT2D eigenvalue weighted by molar-refractivity contribution is 0.124. The predicted molar refractivity (Wildman–Crippen MR) is 80.4 cm³/mol. The van der Waals surface area contributed by atoms with E-state index in [-0.39, 0.29) is 6.10 Å². The van der Waals surface area contributed by atoms with Gasteiger partial charge in [-0.15, -0.1) is 0 Å². The van der Waals surface area contributed by atoms with Crippen LogP contribution < -0.4 is 10.1 Å². The first-order valence-corrected chi connectivity index (χ1v) is 6.73. The summed E-state index contributed by atoms with van der Waals surface area (Å²) < 4.78 is 5.13. The highest BCUT2D eigenvalue weighted by Gasteiger charge is 2.07. The molecule has 3 heteroatoms. The lowest BCUT2D eigenvalue weighted by Gasteiger charge is -2.15. The fraction of sp³-hybridized carbons (Fsp3) is 0.500. The first kappa shape index (κ1) is 15.7. The van der Waals surface area contributed by atoms with Crippen LogP contribution in [-0.2, 0) is 0 Å². The van der Waals surface area contributed by atoms with Gasteiger partial charge in [-0.3, -0.25) is 0 Å². The van der Waals surface area contributed by atoms with Gasteiger partial charge in [0, 0.05) is 13.1 Å². The Morgan fingerprint density at radius 2 is 1.95 bits per heavy atom. The summed E-state index contributed by atoms with van der Waals surface area (Å²) in [4.78, 5) is 0. The molecule has 2 N–H and O–H groups in total. The van der Waals surface area contributed by atoms with E-state index in [2.05, 4.69) is 18.3 Å². The molecule has 0 fully saturated rings. The molecule has 0 spiro atoms. The summed E-state index contributed by atoms with van der Waals surface area (Å²) >= 11 is 0. The molecule has 0 aromatic heterocycles. The smallest absolute Gasteiger partial charge is 0.118 e. The molecule has 3 nitrogen and oxygen atoms in total. The van der Waals surface area contributed by atoms with Crippen molar-refractivity contribution in [1.29, 1.82) is 0 Å². The van der Waals surface area contributed by atoms with E-state index < -0.39 is 0 Å². The van der Waals surface area contributed by atoms with Crippen LogP contribution in [0.4, 0.5) is 0 Å². The number of rotatable bonds is 7. The second-order valence-electron chi connectivity index (χ2n) is 5.21. The SMILES string of the molecule is COc1ccc(/C=C(/C)CNCC(O)C(C)C)cc1. The van der Waals surface area contributed by atoms with Gasteiger partial charge in [0.2, 0.25) is 0 Å². The molecule has 1 rings (SSSR count). The van der Waals surface area contributed by atoms with Gasteiger partial charge in [-0.1, -0.05) is 37.6 Å². The van der Waals surface area contributed by atoms with Gasteiger partial charge < -0.3 is 15.2 Å². The topological polar surface area (TPSA) is 41.5 Å². The molecule has 19 heavy (non-hydrogen) atoms. The molecular formula is C16H25NO2. The van der Waals surface area contributed by atoms with Crippen molar-refractivity contribution in [3.8, 4) is 5.75 Å². The number of methoxy groups -OCH3 is 1. The fourth-order valence-electron chi connectivity index (χ4n) is 1.69.